The molecule has 0 spiro atoms. The van der Waals surface area contributed by atoms with Gasteiger partial charge in [0.2, 0.25) is 0 Å². The molecule has 0 radical (unpaired) electrons. The van der Waals surface area contributed by atoms with E-state index >= 15 is 0 Å². The van der Waals surface area contributed by atoms with Crippen LogP contribution in [-0.4, -0.2) is 24.4 Å². The maximum Gasteiger partial charge on any atom is 0.303 e. The lowest BCUT2D eigenvalue weighted by Gasteiger charge is -2.08. The van der Waals surface area contributed by atoms with Gasteiger partial charge in [0.1, 0.15) is 5.75 Å². The second kappa shape index (κ2) is 5.66. The molecule has 0 aromatic heterocycles. The van der Waals surface area contributed by atoms with Gasteiger partial charge in [0.25, 0.3) is 0 Å². The third-order valence-electron chi connectivity index (χ3n) is 2.10. The summed E-state index contributed by atoms with van der Waals surface area (Å²) in [6.07, 6.45) is 2.70. The van der Waals surface area contributed by atoms with Crippen molar-refractivity contribution in [2.45, 2.75) is 17.7 Å². The first-order valence-corrected chi connectivity index (χ1v) is 5.82. The zero-order valence-electron chi connectivity index (χ0n) is 8.82. The highest BCUT2D eigenvalue weighted by Gasteiger charge is 2.05. The Bertz CT molecular complexity index is 350. The van der Waals surface area contributed by atoms with E-state index in [1.807, 2.05) is 24.5 Å². The van der Waals surface area contributed by atoms with Crippen LogP contribution in [0, 0.1) is 0 Å². The minimum Gasteiger partial charge on any atom is -0.497 e. The molecule has 1 rings (SSSR count). The van der Waals surface area contributed by atoms with Crippen LogP contribution < -0.4 is 4.74 Å². The van der Waals surface area contributed by atoms with Crippen LogP contribution in [0.5, 0.6) is 5.75 Å². The molecule has 0 amide bonds. The van der Waals surface area contributed by atoms with Gasteiger partial charge in [-0.2, -0.15) is 0 Å². The number of aliphatic carboxylic acids is 1. The number of rotatable bonds is 5. The highest BCUT2D eigenvalue weighted by molar-refractivity contribution is 7.98. The van der Waals surface area contributed by atoms with Crippen LogP contribution in [0.1, 0.15) is 12.0 Å². The summed E-state index contributed by atoms with van der Waals surface area (Å²) in [5, 5.41) is 8.61. The Kier molecular flexibility index (Phi) is 4.49. The van der Waals surface area contributed by atoms with Crippen LogP contribution in [0.2, 0.25) is 0 Å². The van der Waals surface area contributed by atoms with Crippen LogP contribution in [-0.2, 0) is 11.2 Å². The second-order valence-corrected chi connectivity index (χ2v) is 3.92. The second-order valence-electron chi connectivity index (χ2n) is 3.07. The predicted octanol–water partition coefficient (Wildman–Crippen LogP) is 2.43. The normalized spacial score (nSPS) is 10.0. The van der Waals surface area contributed by atoms with E-state index < -0.39 is 5.97 Å². The number of hydrogen-bond acceptors (Lipinski definition) is 3. The highest BCUT2D eigenvalue weighted by Crippen LogP contribution is 2.26. The van der Waals surface area contributed by atoms with Crippen molar-refractivity contribution in [3.8, 4) is 5.75 Å². The number of aryl methyl sites for hydroxylation is 1. The molecule has 0 aliphatic carbocycles. The van der Waals surface area contributed by atoms with E-state index in [0.717, 1.165) is 16.2 Å². The lowest BCUT2D eigenvalue weighted by Crippen LogP contribution is -1.98. The van der Waals surface area contributed by atoms with E-state index in [1.54, 1.807) is 18.9 Å². The van der Waals surface area contributed by atoms with Crippen molar-refractivity contribution in [3.63, 3.8) is 0 Å². The van der Waals surface area contributed by atoms with Gasteiger partial charge in [0.15, 0.2) is 0 Å². The first kappa shape index (κ1) is 11.9. The predicted molar refractivity (Wildman–Crippen MR) is 60.7 cm³/mol. The Morgan fingerprint density at radius 3 is 2.80 bits per heavy atom. The van der Waals surface area contributed by atoms with E-state index in [1.165, 1.54) is 0 Å². The third kappa shape index (κ3) is 3.47. The van der Waals surface area contributed by atoms with Gasteiger partial charge in [-0.3, -0.25) is 4.79 Å². The molecule has 0 aliphatic heterocycles. The molecule has 82 valence electrons. The fourth-order valence-electron chi connectivity index (χ4n) is 1.30. The Balaban J connectivity index is 2.82. The van der Waals surface area contributed by atoms with Crippen molar-refractivity contribution < 1.29 is 14.6 Å². The number of thioether (sulfide) groups is 1. The highest BCUT2D eigenvalue weighted by atomic mass is 32.2. The van der Waals surface area contributed by atoms with Crippen molar-refractivity contribution >= 4 is 17.7 Å². The molecule has 1 aromatic carbocycles. The van der Waals surface area contributed by atoms with Crippen LogP contribution in [0.15, 0.2) is 23.1 Å². The average molecular weight is 226 g/mol. The molecule has 0 saturated carbocycles. The maximum atomic E-state index is 10.5. The first-order valence-electron chi connectivity index (χ1n) is 4.60. The minimum absolute atomic E-state index is 0.167. The topological polar surface area (TPSA) is 46.5 Å². The molecule has 1 aromatic rings. The molecule has 4 heteroatoms. The molecule has 0 unspecified atom stereocenters. The summed E-state index contributed by atoms with van der Waals surface area (Å²) < 4.78 is 5.11. The SMILES string of the molecule is COc1ccc(CCC(=O)O)c(SC)c1. The molecule has 1 N–H and O–H groups in total. The van der Waals surface area contributed by atoms with Gasteiger partial charge < -0.3 is 9.84 Å². The standard InChI is InChI=1S/C11H14O3S/c1-14-9-5-3-8(4-6-11(12)13)10(7-9)15-2/h3,5,7H,4,6H2,1-2H3,(H,12,13). The molecule has 15 heavy (non-hydrogen) atoms. The van der Waals surface area contributed by atoms with Crippen molar-refractivity contribution in [2.75, 3.05) is 13.4 Å². The van der Waals surface area contributed by atoms with Gasteiger partial charge in [-0.05, 0) is 30.4 Å². The third-order valence-corrected chi connectivity index (χ3v) is 2.92. The molecule has 0 atom stereocenters. The van der Waals surface area contributed by atoms with E-state index in [4.69, 9.17) is 9.84 Å². The van der Waals surface area contributed by atoms with Gasteiger partial charge in [-0.25, -0.2) is 0 Å². The Hall–Kier alpha value is -1.16. The van der Waals surface area contributed by atoms with Crippen LogP contribution in [0.25, 0.3) is 0 Å². The van der Waals surface area contributed by atoms with Crippen LogP contribution in [0.4, 0.5) is 0 Å². The van der Waals surface area contributed by atoms with Gasteiger partial charge >= 0.3 is 5.97 Å². The van der Waals surface area contributed by atoms with Gasteiger partial charge in [-0.15, -0.1) is 11.8 Å². The number of carboxylic acids is 1. The summed E-state index contributed by atoms with van der Waals surface area (Å²) in [6.45, 7) is 0. The lowest BCUT2D eigenvalue weighted by molar-refractivity contribution is -0.136. The monoisotopic (exact) mass is 226 g/mol. The zero-order chi connectivity index (χ0) is 11.3. The van der Waals surface area contributed by atoms with E-state index in [2.05, 4.69) is 0 Å². The molecular formula is C11H14O3S. The van der Waals surface area contributed by atoms with Crippen molar-refractivity contribution in [3.05, 3.63) is 23.8 Å². The molecule has 0 aliphatic rings. The number of carboxylic acid groups (broad SMARTS) is 1. The number of hydrogen-bond donors (Lipinski definition) is 1. The number of ether oxygens (including phenoxy) is 1. The fourth-order valence-corrected chi connectivity index (χ4v) is 1.97. The van der Waals surface area contributed by atoms with E-state index in [0.29, 0.717) is 6.42 Å². The molecule has 0 fully saturated rings. The Morgan fingerprint density at radius 2 is 2.27 bits per heavy atom. The summed E-state index contributed by atoms with van der Waals surface area (Å²) in [5.74, 6) is 0.0382. The van der Waals surface area contributed by atoms with Crippen LogP contribution >= 0.6 is 11.8 Å². The lowest BCUT2D eigenvalue weighted by atomic mass is 10.1. The molecule has 0 saturated heterocycles. The number of carbonyl (C=O) groups is 1. The summed E-state index contributed by atoms with van der Waals surface area (Å²) in [5.41, 5.74) is 1.06. The van der Waals surface area contributed by atoms with Gasteiger partial charge in [-0.1, -0.05) is 6.07 Å². The molecular weight excluding hydrogens is 212 g/mol. The quantitative estimate of drug-likeness (QED) is 0.783. The maximum absolute atomic E-state index is 10.5. The van der Waals surface area contributed by atoms with Gasteiger partial charge in [0.05, 0.1) is 7.11 Å². The fraction of sp³-hybridized carbons (Fsp3) is 0.364. The van der Waals surface area contributed by atoms with E-state index in [9.17, 15) is 4.79 Å². The minimum atomic E-state index is -0.766. The number of methoxy groups -OCH3 is 1. The van der Waals surface area contributed by atoms with E-state index in [-0.39, 0.29) is 6.42 Å². The Labute approximate surface area is 93.4 Å². The average Bonchev–Trinajstić information content (AvgIpc) is 2.25. The summed E-state index contributed by atoms with van der Waals surface area (Å²) in [6, 6.07) is 5.71. The molecule has 0 bridgehead atoms. The van der Waals surface area contributed by atoms with Crippen molar-refractivity contribution in [2.24, 2.45) is 0 Å². The molecule has 3 nitrogen and oxygen atoms in total. The molecule has 0 heterocycles. The van der Waals surface area contributed by atoms with Crippen molar-refractivity contribution in [1.29, 1.82) is 0 Å². The first-order chi connectivity index (χ1) is 7.17. The van der Waals surface area contributed by atoms with Gasteiger partial charge in [0, 0.05) is 11.3 Å². The summed E-state index contributed by atoms with van der Waals surface area (Å²) in [7, 11) is 1.62. The smallest absolute Gasteiger partial charge is 0.303 e. The van der Waals surface area contributed by atoms with Crippen molar-refractivity contribution in [1.82, 2.24) is 0 Å². The van der Waals surface area contributed by atoms with Crippen LogP contribution in [0.3, 0.4) is 0 Å². The summed E-state index contributed by atoms with van der Waals surface area (Å²) >= 11 is 1.60. The zero-order valence-corrected chi connectivity index (χ0v) is 9.63. The largest absolute Gasteiger partial charge is 0.497 e. The number of benzene rings is 1. The summed E-state index contributed by atoms with van der Waals surface area (Å²) in [4.78, 5) is 11.5. The Morgan fingerprint density at radius 1 is 1.53 bits per heavy atom.